The van der Waals surface area contributed by atoms with E-state index in [9.17, 15) is 21.6 Å². The van der Waals surface area contributed by atoms with Gasteiger partial charge in [0.1, 0.15) is 0 Å². The van der Waals surface area contributed by atoms with Gasteiger partial charge in [0.25, 0.3) is 0 Å². The topological polar surface area (TPSA) is 49.4 Å². The number of nitrogens with one attached hydrogen (secondary N) is 1. The summed E-state index contributed by atoms with van der Waals surface area (Å²) in [6.07, 6.45) is 1.41. The molecule has 0 radical (unpaired) electrons. The standard InChI is InChI=1S/C8H15F3N2O2S/c1-13(16(14,15)8(9,10)11)6-7-2-4-12-5-3-7/h7,12H,2-6H2,1H3. The van der Waals surface area contributed by atoms with Crippen molar-refractivity contribution in [2.75, 3.05) is 26.7 Å². The molecule has 0 amide bonds. The van der Waals surface area contributed by atoms with Crippen LogP contribution in [0, 0.1) is 5.92 Å². The van der Waals surface area contributed by atoms with Crippen LogP contribution >= 0.6 is 0 Å². The Bertz CT molecular complexity index is 323. The van der Waals surface area contributed by atoms with Crippen LogP contribution in [0.2, 0.25) is 0 Å². The maximum Gasteiger partial charge on any atom is 0.511 e. The minimum absolute atomic E-state index is 0.00312. The van der Waals surface area contributed by atoms with Gasteiger partial charge >= 0.3 is 15.5 Å². The minimum atomic E-state index is -5.20. The molecule has 1 rings (SSSR count). The molecular weight excluding hydrogens is 245 g/mol. The third-order valence-corrected chi connectivity index (χ3v) is 4.23. The smallest absolute Gasteiger partial charge is 0.317 e. The average Bonchev–Trinajstić information content (AvgIpc) is 2.17. The van der Waals surface area contributed by atoms with E-state index in [2.05, 4.69) is 5.32 Å². The highest BCUT2D eigenvalue weighted by Gasteiger charge is 2.48. The molecule has 96 valence electrons. The van der Waals surface area contributed by atoms with Crippen molar-refractivity contribution in [3.63, 3.8) is 0 Å². The van der Waals surface area contributed by atoms with Gasteiger partial charge in [-0.3, -0.25) is 0 Å². The fourth-order valence-electron chi connectivity index (χ4n) is 1.70. The normalized spacial score (nSPS) is 20.3. The fraction of sp³-hybridized carbons (Fsp3) is 1.00. The lowest BCUT2D eigenvalue weighted by molar-refractivity contribution is -0.0486. The molecule has 0 aliphatic carbocycles. The van der Waals surface area contributed by atoms with Crippen molar-refractivity contribution in [3.05, 3.63) is 0 Å². The molecule has 1 heterocycles. The van der Waals surface area contributed by atoms with E-state index < -0.39 is 15.5 Å². The summed E-state index contributed by atoms with van der Waals surface area (Å²) in [7, 11) is -4.19. The minimum Gasteiger partial charge on any atom is -0.317 e. The highest BCUT2D eigenvalue weighted by atomic mass is 32.2. The Hall–Kier alpha value is -0.340. The van der Waals surface area contributed by atoms with Gasteiger partial charge in [0, 0.05) is 13.6 Å². The number of halogens is 3. The second kappa shape index (κ2) is 4.89. The van der Waals surface area contributed by atoms with Crippen LogP contribution in [0.1, 0.15) is 12.8 Å². The number of alkyl halides is 3. The third-order valence-electron chi connectivity index (χ3n) is 2.68. The quantitative estimate of drug-likeness (QED) is 0.815. The molecule has 1 aliphatic rings. The predicted molar refractivity (Wildman–Crippen MR) is 53.2 cm³/mol. The Balaban J connectivity index is 2.61. The van der Waals surface area contributed by atoms with Gasteiger partial charge in [-0.25, -0.2) is 8.42 Å². The summed E-state index contributed by atoms with van der Waals surface area (Å²) in [6, 6.07) is 0. The fourth-order valence-corrected chi connectivity index (χ4v) is 2.46. The summed E-state index contributed by atoms with van der Waals surface area (Å²) in [5.74, 6) is 0.00312. The van der Waals surface area contributed by atoms with E-state index in [1.807, 2.05) is 0 Å². The molecule has 0 saturated carbocycles. The van der Waals surface area contributed by atoms with Gasteiger partial charge in [-0.05, 0) is 31.8 Å². The zero-order valence-corrected chi connectivity index (χ0v) is 9.74. The van der Waals surface area contributed by atoms with Gasteiger partial charge in [0.2, 0.25) is 0 Å². The SMILES string of the molecule is CN(CC1CCNCC1)S(=O)(=O)C(F)(F)F. The van der Waals surface area contributed by atoms with Crippen molar-refractivity contribution in [3.8, 4) is 0 Å². The van der Waals surface area contributed by atoms with Crippen LogP contribution in [0.5, 0.6) is 0 Å². The number of rotatable bonds is 3. The van der Waals surface area contributed by atoms with Crippen LogP contribution in [0.3, 0.4) is 0 Å². The molecule has 1 fully saturated rings. The lowest BCUT2D eigenvalue weighted by atomic mass is 9.98. The summed E-state index contributed by atoms with van der Waals surface area (Å²) in [5.41, 5.74) is -5.20. The number of nitrogens with zero attached hydrogens (tertiary/aromatic N) is 1. The van der Waals surface area contributed by atoms with E-state index >= 15 is 0 Å². The lowest BCUT2D eigenvalue weighted by Crippen LogP contribution is -2.42. The zero-order valence-electron chi connectivity index (χ0n) is 8.92. The first-order valence-electron chi connectivity index (χ1n) is 4.98. The van der Waals surface area contributed by atoms with E-state index in [0.29, 0.717) is 17.1 Å². The van der Waals surface area contributed by atoms with Crippen molar-refractivity contribution in [1.82, 2.24) is 9.62 Å². The molecule has 0 unspecified atom stereocenters. The van der Waals surface area contributed by atoms with Crippen LogP contribution in [-0.2, 0) is 10.0 Å². The molecule has 8 heteroatoms. The molecule has 1 aliphatic heterocycles. The molecule has 0 bridgehead atoms. The third kappa shape index (κ3) is 3.08. The van der Waals surface area contributed by atoms with Crippen molar-refractivity contribution in [2.45, 2.75) is 18.3 Å². The lowest BCUT2D eigenvalue weighted by Gasteiger charge is -2.27. The van der Waals surface area contributed by atoms with Crippen molar-refractivity contribution in [2.24, 2.45) is 5.92 Å². The Kier molecular flexibility index (Phi) is 4.19. The van der Waals surface area contributed by atoms with E-state index in [4.69, 9.17) is 0 Å². The molecule has 1 N–H and O–H groups in total. The summed E-state index contributed by atoms with van der Waals surface area (Å²) in [5, 5.41) is 3.07. The highest BCUT2D eigenvalue weighted by Crippen LogP contribution is 2.27. The van der Waals surface area contributed by atoms with E-state index in [1.165, 1.54) is 0 Å². The molecule has 0 aromatic carbocycles. The second-order valence-corrected chi connectivity index (χ2v) is 5.96. The van der Waals surface area contributed by atoms with Crippen molar-refractivity contribution in [1.29, 1.82) is 0 Å². The summed E-state index contributed by atoms with van der Waals surface area (Å²) >= 11 is 0. The molecular formula is C8H15F3N2O2S. The van der Waals surface area contributed by atoms with Gasteiger partial charge in [0.15, 0.2) is 0 Å². The Labute approximate surface area is 92.9 Å². The van der Waals surface area contributed by atoms with E-state index in [0.717, 1.165) is 20.1 Å². The maximum atomic E-state index is 12.2. The maximum absolute atomic E-state index is 12.2. The summed E-state index contributed by atoms with van der Waals surface area (Å²) < 4.78 is 59.0. The van der Waals surface area contributed by atoms with E-state index in [-0.39, 0.29) is 12.5 Å². The Morgan fingerprint density at radius 3 is 2.25 bits per heavy atom. The van der Waals surface area contributed by atoms with Gasteiger partial charge < -0.3 is 5.32 Å². The van der Waals surface area contributed by atoms with Crippen LogP contribution in [0.15, 0.2) is 0 Å². The summed E-state index contributed by atoms with van der Waals surface area (Å²) in [6.45, 7) is 1.39. The van der Waals surface area contributed by atoms with Crippen LogP contribution in [0.25, 0.3) is 0 Å². The average molecular weight is 260 g/mol. The first-order chi connectivity index (χ1) is 7.25. The number of piperidine rings is 1. The molecule has 1 saturated heterocycles. The molecule has 0 atom stereocenters. The van der Waals surface area contributed by atoms with Crippen molar-refractivity contribution >= 4 is 10.0 Å². The number of hydrogen-bond donors (Lipinski definition) is 1. The largest absolute Gasteiger partial charge is 0.511 e. The van der Waals surface area contributed by atoms with Crippen LogP contribution in [0.4, 0.5) is 13.2 Å². The van der Waals surface area contributed by atoms with E-state index in [1.54, 1.807) is 0 Å². The van der Waals surface area contributed by atoms with Crippen LogP contribution < -0.4 is 5.32 Å². The Morgan fingerprint density at radius 1 is 1.31 bits per heavy atom. The molecule has 16 heavy (non-hydrogen) atoms. The van der Waals surface area contributed by atoms with Gasteiger partial charge in [-0.15, -0.1) is 0 Å². The van der Waals surface area contributed by atoms with Crippen LogP contribution in [-0.4, -0.2) is 44.9 Å². The van der Waals surface area contributed by atoms with Gasteiger partial charge in [-0.1, -0.05) is 0 Å². The Morgan fingerprint density at radius 2 is 1.81 bits per heavy atom. The predicted octanol–water partition coefficient (Wildman–Crippen LogP) is 0.767. The molecule has 4 nitrogen and oxygen atoms in total. The number of sulfonamides is 1. The first-order valence-corrected chi connectivity index (χ1v) is 6.42. The molecule has 0 aromatic rings. The van der Waals surface area contributed by atoms with Crippen molar-refractivity contribution < 1.29 is 21.6 Å². The van der Waals surface area contributed by atoms with Gasteiger partial charge in [-0.2, -0.15) is 17.5 Å². The number of hydrogen-bond acceptors (Lipinski definition) is 3. The highest BCUT2D eigenvalue weighted by molar-refractivity contribution is 7.89. The van der Waals surface area contributed by atoms with Gasteiger partial charge in [0.05, 0.1) is 0 Å². The second-order valence-electron chi connectivity index (χ2n) is 3.92. The molecule has 0 aromatic heterocycles. The monoisotopic (exact) mass is 260 g/mol. The summed E-state index contributed by atoms with van der Waals surface area (Å²) in [4.78, 5) is 0. The zero-order chi connectivity index (χ0) is 12.4. The molecule has 0 spiro atoms. The first kappa shape index (κ1) is 13.7.